The molecule has 0 aliphatic carbocycles. The molecule has 2 amide bonds. The summed E-state index contributed by atoms with van der Waals surface area (Å²) in [6, 6.07) is 8.29. The van der Waals surface area contributed by atoms with Gasteiger partial charge in [-0.2, -0.15) is 0 Å². The summed E-state index contributed by atoms with van der Waals surface area (Å²) < 4.78 is 22.3. The van der Waals surface area contributed by atoms with Crippen molar-refractivity contribution in [3.63, 3.8) is 0 Å². The van der Waals surface area contributed by atoms with Crippen LogP contribution < -0.4 is 10.1 Å². The van der Waals surface area contributed by atoms with Gasteiger partial charge < -0.3 is 29.2 Å². The molecule has 1 saturated heterocycles. The van der Waals surface area contributed by atoms with Gasteiger partial charge in [0.1, 0.15) is 23.4 Å². The van der Waals surface area contributed by atoms with E-state index in [-0.39, 0.29) is 19.6 Å². The van der Waals surface area contributed by atoms with Crippen LogP contribution in [0.1, 0.15) is 64.0 Å². The van der Waals surface area contributed by atoms with Crippen LogP contribution in [0.15, 0.2) is 36.4 Å². The predicted octanol–water partition coefficient (Wildman–Crippen LogP) is 5.19. The maximum atomic E-state index is 14.1. The van der Waals surface area contributed by atoms with E-state index in [4.69, 9.17) is 18.9 Å². The number of allylic oxidation sites excluding steroid dienone is 1. The number of nitrogens with zero attached hydrogens (tertiary/aromatic N) is 1. The van der Waals surface area contributed by atoms with Crippen molar-refractivity contribution in [1.82, 2.24) is 10.2 Å². The van der Waals surface area contributed by atoms with Crippen molar-refractivity contribution in [3.05, 3.63) is 47.5 Å². The van der Waals surface area contributed by atoms with Crippen LogP contribution in [0.3, 0.4) is 0 Å². The van der Waals surface area contributed by atoms with Crippen LogP contribution in [0.4, 0.5) is 4.79 Å². The van der Waals surface area contributed by atoms with Gasteiger partial charge in [-0.25, -0.2) is 9.59 Å². The summed E-state index contributed by atoms with van der Waals surface area (Å²) in [5, 5.41) is 4.77. The molecule has 2 heterocycles. The first-order chi connectivity index (χ1) is 19.5. The summed E-state index contributed by atoms with van der Waals surface area (Å²) in [5.41, 5.74) is 0.173. The number of hydrogen-bond donors (Lipinski definition) is 1. The number of nitrogens with one attached hydrogen (secondary N) is 1. The fraction of sp³-hybridized carbons (Fsp3) is 0.531. The van der Waals surface area contributed by atoms with E-state index in [1.165, 1.54) is 12.0 Å². The maximum Gasteiger partial charge on any atom is 0.407 e. The molecule has 3 atom stereocenters. The van der Waals surface area contributed by atoms with Crippen molar-refractivity contribution in [3.8, 4) is 5.75 Å². The van der Waals surface area contributed by atoms with E-state index >= 15 is 0 Å². The number of carbonyl (C=O) groups excluding carboxylic acids is 3. The Bertz CT molecular complexity index is 1320. The summed E-state index contributed by atoms with van der Waals surface area (Å²) in [4.78, 5) is 41.4. The van der Waals surface area contributed by atoms with E-state index in [1.807, 2.05) is 45.0 Å². The Labute approximate surface area is 242 Å². The zero-order valence-corrected chi connectivity index (χ0v) is 25.0. The van der Waals surface area contributed by atoms with Gasteiger partial charge in [0.25, 0.3) is 0 Å². The van der Waals surface area contributed by atoms with Gasteiger partial charge in [-0.3, -0.25) is 4.79 Å². The SMILES string of the molecule is COC(=O)[C@@H]1C[C@]2(OC)CN1C(=O)[C@H](C(C)(C)C)NC(=O)OCCCCC/C=C/c1cc3cc2ccc3cc1OC. The quantitative estimate of drug-likeness (QED) is 0.510. The van der Waals surface area contributed by atoms with Gasteiger partial charge in [0, 0.05) is 19.1 Å². The minimum Gasteiger partial charge on any atom is -0.496 e. The molecule has 9 heteroatoms. The lowest BCUT2D eigenvalue weighted by molar-refractivity contribution is -0.152. The second kappa shape index (κ2) is 12.5. The molecule has 2 aliphatic heterocycles. The Morgan fingerprint density at radius 3 is 2.51 bits per heavy atom. The third-order valence-corrected chi connectivity index (χ3v) is 8.11. The molecule has 4 rings (SSSR count). The van der Waals surface area contributed by atoms with Crippen molar-refractivity contribution in [2.24, 2.45) is 5.41 Å². The average Bonchev–Trinajstić information content (AvgIpc) is 3.36. The molecular weight excluding hydrogens is 524 g/mol. The summed E-state index contributed by atoms with van der Waals surface area (Å²) in [7, 11) is 4.55. The molecule has 2 aromatic carbocycles. The Balaban J connectivity index is 1.83. The summed E-state index contributed by atoms with van der Waals surface area (Å²) in [6.45, 7) is 5.96. The molecule has 0 unspecified atom stereocenters. The topological polar surface area (TPSA) is 103 Å². The van der Waals surface area contributed by atoms with Crippen LogP contribution in [0.25, 0.3) is 16.8 Å². The van der Waals surface area contributed by atoms with Crippen molar-refractivity contribution in [2.45, 2.75) is 70.6 Å². The monoisotopic (exact) mass is 566 g/mol. The molecule has 41 heavy (non-hydrogen) atoms. The lowest BCUT2D eigenvalue weighted by Crippen LogP contribution is -2.57. The van der Waals surface area contributed by atoms with Gasteiger partial charge in [-0.1, -0.05) is 45.1 Å². The van der Waals surface area contributed by atoms with Crippen LogP contribution in [-0.4, -0.2) is 69.4 Å². The van der Waals surface area contributed by atoms with E-state index in [9.17, 15) is 14.4 Å². The summed E-state index contributed by atoms with van der Waals surface area (Å²) in [5.74, 6) is -0.152. The third-order valence-electron chi connectivity index (χ3n) is 8.11. The van der Waals surface area contributed by atoms with E-state index in [2.05, 4.69) is 23.5 Å². The predicted molar refractivity (Wildman–Crippen MR) is 157 cm³/mol. The molecule has 2 aliphatic rings. The lowest BCUT2D eigenvalue weighted by atomic mass is 9.85. The lowest BCUT2D eigenvalue weighted by Gasteiger charge is -2.35. The van der Waals surface area contributed by atoms with E-state index < -0.39 is 41.1 Å². The zero-order valence-electron chi connectivity index (χ0n) is 25.0. The molecule has 0 radical (unpaired) electrons. The summed E-state index contributed by atoms with van der Waals surface area (Å²) >= 11 is 0. The van der Waals surface area contributed by atoms with Gasteiger partial charge >= 0.3 is 12.1 Å². The normalized spacial score (nSPS) is 25.1. The largest absolute Gasteiger partial charge is 0.496 e. The molecule has 0 saturated carbocycles. The molecule has 9 nitrogen and oxygen atoms in total. The second-order valence-electron chi connectivity index (χ2n) is 11.9. The van der Waals surface area contributed by atoms with Crippen LogP contribution >= 0.6 is 0 Å². The highest BCUT2D eigenvalue weighted by atomic mass is 16.5. The number of hydrogen-bond acceptors (Lipinski definition) is 7. The van der Waals surface area contributed by atoms with Crippen LogP contribution in [0, 0.1) is 5.41 Å². The first-order valence-electron chi connectivity index (χ1n) is 14.2. The molecule has 0 spiro atoms. The number of rotatable bonds is 3. The van der Waals surface area contributed by atoms with Crippen LogP contribution in [0.5, 0.6) is 5.75 Å². The van der Waals surface area contributed by atoms with Gasteiger partial charge in [-0.05, 0) is 65.6 Å². The Morgan fingerprint density at radius 1 is 1.05 bits per heavy atom. The van der Waals surface area contributed by atoms with Crippen LogP contribution in [0.2, 0.25) is 0 Å². The smallest absolute Gasteiger partial charge is 0.407 e. The highest BCUT2D eigenvalue weighted by Crippen LogP contribution is 2.42. The summed E-state index contributed by atoms with van der Waals surface area (Å²) in [6.07, 6.45) is 7.18. The molecule has 222 valence electrons. The standard InChI is InChI=1S/C32H42N2O7/c1-31(2,3)27-28(35)34-20-32(40-6,19-25(34)29(36)39-5)24-14-13-21-18-26(38-4)22(16-23(21)17-24)12-10-8-7-9-11-15-41-30(37)33-27/h10,12-14,16-18,25,27H,7-9,11,15,19-20H2,1-6H3,(H,33,37)/b12-10+/t25-,27+,32-/m0/s1. The number of carbonyl (C=O) groups is 3. The van der Waals surface area contributed by atoms with E-state index in [0.29, 0.717) is 6.42 Å². The van der Waals surface area contributed by atoms with Gasteiger partial charge in [0.2, 0.25) is 5.91 Å². The Kier molecular flexibility index (Phi) is 9.27. The van der Waals surface area contributed by atoms with E-state index in [1.54, 1.807) is 14.2 Å². The van der Waals surface area contributed by atoms with Crippen LogP contribution in [-0.2, 0) is 29.4 Å². The Hall–Kier alpha value is -3.59. The fourth-order valence-corrected chi connectivity index (χ4v) is 5.70. The number of amides is 2. The highest BCUT2D eigenvalue weighted by Gasteiger charge is 2.53. The maximum absolute atomic E-state index is 14.1. The number of cyclic esters (lactones) is 1. The number of benzene rings is 2. The second-order valence-corrected chi connectivity index (χ2v) is 11.9. The number of ether oxygens (including phenoxy) is 4. The number of esters is 1. The van der Waals surface area contributed by atoms with Gasteiger partial charge in [0.05, 0.1) is 27.4 Å². The molecule has 0 aromatic heterocycles. The van der Waals surface area contributed by atoms with Crippen molar-refractivity contribution in [1.29, 1.82) is 0 Å². The van der Waals surface area contributed by atoms with Crippen molar-refractivity contribution >= 4 is 34.8 Å². The van der Waals surface area contributed by atoms with Crippen molar-refractivity contribution < 1.29 is 33.3 Å². The number of alkyl carbamates (subject to hydrolysis) is 1. The first kappa shape index (κ1) is 30.4. The zero-order chi connectivity index (χ0) is 29.8. The molecule has 1 N–H and O–H groups in total. The number of methoxy groups -OCH3 is 3. The molecule has 2 aromatic rings. The minimum absolute atomic E-state index is 0.111. The van der Waals surface area contributed by atoms with Crippen molar-refractivity contribution in [2.75, 3.05) is 34.5 Å². The number of fused-ring (bicyclic) bond motifs is 5. The Morgan fingerprint density at radius 2 is 1.83 bits per heavy atom. The van der Waals surface area contributed by atoms with Gasteiger partial charge in [0.15, 0.2) is 0 Å². The molecular formula is C32H42N2O7. The van der Waals surface area contributed by atoms with Gasteiger partial charge in [-0.15, -0.1) is 0 Å². The van der Waals surface area contributed by atoms with E-state index in [0.717, 1.165) is 46.9 Å². The molecule has 5 bridgehead atoms. The average molecular weight is 567 g/mol. The minimum atomic E-state index is -0.970. The fourth-order valence-electron chi connectivity index (χ4n) is 5.70. The highest BCUT2D eigenvalue weighted by molar-refractivity contribution is 5.92. The molecule has 1 fully saturated rings. The third kappa shape index (κ3) is 6.50. The first-order valence-corrected chi connectivity index (χ1v) is 14.2.